The van der Waals surface area contributed by atoms with Gasteiger partial charge in [0, 0.05) is 30.5 Å². The summed E-state index contributed by atoms with van der Waals surface area (Å²) in [4.78, 5) is 13.7. The van der Waals surface area contributed by atoms with Crippen molar-refractivity contribution in [2.24, 2.45) is 0 Å². The molecule has 1 aliphatic rings. The van der Waals surface area contributed by atoms with Crippen LogP contribution < -0.4 is 9.64 Å². The van der Waals surface area contributed by atoms with Crippen molar-refractivity contribution in [1.82, 2.24) is 0 Å². The molecule has 1 saturated heterocycles. The second kappa shape index (κ2) is 10.3. The van der Waals surface area contributed by atoms with E-state index in [1.807, 2.05) is 4.90 Å². The van der Waals surface area contributed by atoms with Gasteiger partial charge in [-0.05, 0) is 24.3 Å². The van der Waals surface area contributed by atoms with Gasteiger partial charge in [-0.2, -0.15) is 0 Å². The summed E-state index contributed by atoms with van der Waals surface area (Å²) in [7, 11) is 1.12. The third kappa shape index (κ3) is 5.37. The van der Waals surface area contributed by atoms with Crippen LogP contribution >= 0.6 is 23.2 Å². The molecule has 1 fully saturated rings. The second-order valence-electron chi connectivity index (χ2n) is 5.90. The molecule has 2 rings (SSSR count). The summed E-state index contributed by atoms with van der Waals surface area (Å²) in [6.07, 6.45) is -7.64. The predicted molar refractivity (Wildman–Crippen MR) is 99.4 cm³/mol. The Kier molecular flexibility index (Phi) is 8.40. The minimum atomic E-state index is -1.63. The zero-order chi connectivity index (χ0) is 20.0. The summed E-state index contributed by atoms with van der Waals surface area (Å²) in [5, 5.41) is 29.9. The van der Waals surface area contributed by atoms with Gasteiger partial charge in [-0.15, -0.1) is 23.2 Å². The number of esters is 1. The maximum atomic E-state index is 11.7. The maximum absolute atomic E-state index is 11.7. The Hall–Kier alpha value is -1.29. The van der Waals surface area contributed by atoms with E-state index in [1.165, 1.54) is 0 Å². The summed E-state index contributed by atoms with van der Waals surface area (Å²) < 4.78 is 15.4. The van der Waals surface area contributed by atoms with E-state index in [-0.39, 0.29) is 0 Å². The van der Waals surface area contributed by atoms with Gasteiger partial charge in [-0.3, -0.25) is 0 Å². The number of aliphatic hydroxyl groups is 3. The number of hydrogen-bond acceptors (Lipinski definition) is 8. The first-order chi connectivity index (χ1) is 12.9. The van der Waals surface area contributed by atoms with Crippen molar-refractivity contribution in [3.63, 3.8) is 0 Å². The molecule has 1 aliphatic heterocycles. The summed E-state index contributed by atoms with van der Waals surface area (Å²) >= 11 is 11.6. The molecular weight excluding hydrogens is 401 g/mol. The number of carbonyl (C=O) groups excluding carboxylic acids is 1. The number of hydrogen-bond donors (Lipinski definition) is 3. The first-order valence-corrected chi connectivity index (χ1v) is 9.41. The maximum Gasteiger partial charge on any atom is 0.337 e. The van der Waals surface area contributed by atoms with Crippen molar-refractivity contribution in [1.29, 1.82) is 0 Å². The van der Waals surface area contributed by atoms with E-state index in [1.54, 1.807) is 24.3 Å². The van der Waals surface area contributed by atoms with Crippen LogP contribution in [0.4, 0.5) is 5.69 Å². The van der Waals surface area contributed by atoms with Crippen molar-refractivity contribution in [3.8, 4) is 5.75 Å². The standard InChI is InChI=1S/C17H23Cl2NO7/c1-25-16(24)15-13(22)12(21)14(23)17(27-15)26-11-4-2-10(3-5-11)20(8-6-18)9-7-19/h2-5,12-15,17,21-23H,6-9H2,1H3/t12-,13-,14+,15-,17+/m0/s1. The summed E-state index contributed by atoms with van der Waals surface area (Å²) in [5.74, 6) is 0.362. The van der Waals surface area contributed by atoms with Gasteiger partial charge in [-0.25, -0.2) is 4.79 Å². The molecule has 0 unspecified atom stereocenters. The molecule has 0 amide bonds. The van der Waals surface area contributed by atoms with Gasteiger partial charge in [0.05, 0.1) is 7.11 Å². The molecule has 1 aromatic carbocycles. The molecular formula is C17H23Cl2NO7. The molecule has 3 N–H and O–H groups in total. The first kappa shape index (κ1) is 22.0. The van der Waals surface area contributed by atoms with Gasteiger partial charge >= 0.3 is 5.97 Å². The Morgan fingerprint density at radius 3 is 2.19 bits per heavy atom. The minimum absolute atomic E-state index is 0.340. The number of carbonyl (C=O) groups is 1. The molecule has 0 aromatic heterocycles. The van der Waals surface area contributed by atoms with E-state index in [0.29, 0.717) is 30.6 Å². The molecule has 10 heteroatoms. The fraction of sp³-hybridized carbons (Fsp3) is 0.588. The zero-order valence-corrected chi connectivity index (χ0v) is 16.2. The van der Waals surface area contributed by atoms with E-state index < -0.39 is 36.7 Å². The minimum Gasteiger partial charge on any atom is -0.467 e. The highest BCUT2D eigenvalue weighted by Gasteiger charge is 2.48. The highest BCUT2D eigenvalue weighted by Crippen LogP contribution is 2.26. The number of methoxy groups -OCH3 is 1. The Bertz CT molecular complexity index is 597. The van der Waals surface area contributed by atoms with Gasteiger partial charge < -0.3 is 34.4 Å². The van der Waals surface area contributed by atoms with Crippen LogP contribution in [-0.4, -0.2) is 84.0 Å². The van der Waals surface area contributed by atoms with E-state index in [4.69, 9.17) is 32.7 Å². The third-order valence-electron chi connectivity index (χ3n) is 4.17. The van der Waals surface area contributed by atoms with Crippen LogP contribution in [0.2, 0.25) is 0 Å². The van der Waals surface area contributed by atoms with E-state index in [2.05, 4.69) is 4.74 Å². The van der Waals surface area contributed by atoms with Gasteiger partial charge in [-0.1, -0.05) is 0 Å². The molecule has 8 nitrogen and oxygen atoms in total. The molecule has 0 saturated carbocycles. The molecule has 0 bridgehead atoms. The number of benzene rings is 1. The zero-order valence-electron chi connectivity index (χ0n) is 14.7. The number of rotatable bonds is 8. The Labute approximate surface area is 167 Å². The molecule has 5 atom stereocenters. The Morgan fingerprint density at radius 2 is 1.67 bits per heavy atom. The number of ether oxygens (including phenoxy) is 3. The fourth-order valence-corrected chi connectivity index (χ4v) is 3.11. The summed E-state index contributed by atoms with van der Waals surface area (Å²) in [6.45, 7) is 1.26. The monoisotopic (exact) mass is 423 g/mol. The molecule has 0 spiro atoms. The van der Waals surface area contributed by atoms with Gasteiger partial charge in [0.25, 0.3) is 0 Å². The van der Waals surface area contributed by atoms with Crippen LogP contribution in [0, 0.1) is 0 Å². The predicted octanol–water partition coefficient (Wildman–Crippen LogP) is 0.330. The summed E-state index contributed by atoms with van der Waals surface area (Å²) in [5.41, 5.74) is 0.886. The van der Waals surface area contributed by atoms with E-state index in [0.717, 1.165) is 12.8 Å². The van der Waals surface area contributed by atoms with Crippen LogP contribution in [0.3, 0.4) is 0 Å². The van der Waals surface area contributed by atoms with Crippen molar-refractivity contribution >= 4 is 34.9 Å². The highest BCUT2D eigenvalue weighted by molar-refractivity contribution is 6.18. The second-order valence-corrected chi connectivity index (χ2v) is 6.65. The molecule has 0 aliphatic carbocycles. The first-order valence-electron chi connectivity index (χ1n) is 8.34. The highest BCUT2D eigenvalue weighted by atomic mass is 35.5. The average molecular weight is 424 g/mol. The smallest absolute Gasteiger partial charge is 0.337 e. The van der Waals surface area contributed by atoms with E-state index >= 15 is 0 Å². The normalized spacial score (nSPS) is 27.9. The van der Waals surface area contributed by atoms with Gasteiger partial charge in [0.15, 0.2) is 6.10 Å². The number of halogens is 2. The van der Waals surface area contributed by atoms with Crippen molar-refractivity contribution in [2.75, 3.05) is 36.9 Å². The van der Waals surface area contributed by atoms with E-state index in [9.17, 15) is 20.1 Å². The van der Waals surface area contributed by atoms with Crippen molar-refractivity contribution < 1.29 is 34.3 Å². The fourth-order valence-electron chi connectivity index (χ4n) is 2.70. The Balaban J connectivity index is 2.09. The van der Waals surface area contributed by atoms with Crippen LogP contribution in [0.1, 0.15) is 0 Å². The average Bonchev–Trinajstić information content (AvgIpc) is 2.68. The quantitative estimate of drug-likeness (QED) is 0.405. The summed E-state index contributed by atoms with van der Waals surface area (Å²) in [6, 6.07) is 6.86. The number of nitrogens with zero attached hydrogens (tertiary/aromatic N) is 1. The SMILES string of the molecule is COC(=O)[C@H]1O[C@@H](Oc2ccc(N(CCCl)CCCl)cc2)[C@H](O)[C@@H](O)[C@@H]1O. The Morgan fingerprint density at radius 1 is 1.07 bits per heavy atom. The van der Waals surface area contributed by atoms with Crippen molar-refractivity contribution in [3.05, 3.63) is 24.3 Å². The molecule has 1 heterocycles. The lowest BCUT2D eigenvalue weighted by atomic mass is 9.99. The number of anilines is 1. The molecule has 152 valence electrons. The number of alkyl halides is 2. The third-order valence-corrected chi connectivity index (χ3v) is 4.50. The van der Waals surface area contributed by atoms with Gasteiger partial charge in [0.1, 0.15) is 24.1 Å². The largest absolute Gasteiger partial charge is 0.467 e. The van der Waals surface area contributed by atoms with Crippen LogP contribution in [0.25, 0.3) is 0 Å². The lowest BCUT2D eigenvalue weighted by Crippen LogP contribution is -2.61. The van der Waals surface area contributed by atoms with Crippen LogP contribution in [0.5, 0.6) is 5.75 Å². The lowest BCUT2D eigenvalue weighted by Gasteiger charge is -2.38. The van der Waals surface area contributed by atoms with Crippen LogP contribution in [0.15, 0.2) is 24.3 Å². The molecule has 0 radical (unpaired) electrons. The van der Waals surface area contributed by atoms with Gasteiger partial charge in [0.2, 0.25) is 6.29 Å². The topological polar surface area (TPSA) is 109 Å². The lowest BCUT2D eigenvalue weighted by molar-refractivity contribution is -0.271. The number of aliphatic hydroxyl groups excluding tert-OH is 3. The van der Waals surface area contributed by atoms with Crippen molar-refractivity contribution in [2.45, 2.75) is 30.7 Å². The molecule has 27 heavy (non-hydrogen) atoms. The van der Waals surface area contributed by atoms with Crippen LogP contribution in [-0.2, 0) is 14.3 Å². The molecule has 1 aromatic rings.